The van der Waals surface area contributed by atoms with Crippen molar-refractivity contribution < 1.29 is 9.84 Å². The van der Waals surface area contributed by atoms with Crippen molar-refractivity contribution in [2.75, 3.05) is 13.2 Å². The zero-order valence-electron chi connectivity index (χ0n) is 7.28. The summed E-state index contributed by atoms with van der Waals surface area (Å²) in [4.78, 5) is 0. The van der Waals surface area contributed by atoms with Gasteiger partial charge < -0.3 is 9.84 Å². The molecule has 2 heteroatoms. The SMILES string of the molecule is OC(C1CCC1)C1C2COCC21. The van der Waals surface area contributed by atoms with Crippen LogP contribution < -0.4 is 0 Å². The van der Waals surface area contributed by atoms with Crippen LogP contribution in [0, 0.1) is 23.7 Å². The highest BCUT2D eigenvalue weighted by Gasteiger charge is 2.58. The number of aliphatic hydroxyl groups excluding tert-OH is 1. The van der Waals surface area contributed by atoms with Gasteiger partial charge in [-0.3, -0.25) is 0 Å². The van der Waals surface area contributed by atoms with Gasteiger partial charge in [0.2, 0.25) is 0 Å². The van der Waals surface area contributed by atoms with Gasteiger partial charge in [0, 0.05) is 0 Å². The summed E-state index contributed by atoms with van der Waals surface area (Å²) in [6, 6.07) is 0. The summed E-state index contributed by atoms with van der Waals surface area (Å²) in [6.07, 6.45) is 3.87. The monoisotopic (exact) mass is 168 g/mol. The topological polar surface area (TPSA) is 29.5 Å². The Kier molecular flexibility index (Phi) is 1.50. The summed E-state index contributed by atoms with van der Waals surface area (Å²) in [5, 5.41) is 9.96. The molecule has 68 valence electrons. The van der Waals surface area contributed by atoms with Crippen LogP contribution in [0.25, 0.3) is 0 Å². The third kappa shape index (κ3) is 0.882. The minimum absolute atomic E-state index is 0.0117. The van der Waals surface area contributed by atoms with Crippen molar-refractivity contribution in [3.63, 3.8) is 0 Å². The van der Waals surface area contributed by atoms with Gasteiger partial charge in [0.25, 0.3) is 0 Å². The Morgan fingerprint density at radius 1 is 1.17 bits per heavy atom. The molecule has 3 fully saturated rings. The van der Waals surface area contributed by atoms with Crippen LogP contribution in [0.5, 0.6) is 0 Å². The van der Waals surface area contributed by atoms with Crippen LogP contribution in [-0.4, -0.2) is 24.4 Å². The third-order valence-corrected chi connectivity index (χ3v) is 4.05. The fourth-order valence-corrected chi connectivity index (χ4v) is 2.89. The molecule has 2 saturated carbocycles. The Hall–Kier alpha value is -0.0800. The molecular weight excluding hydrogens is 152 g/mol. The van der Waals surface area contributed by atoms with Gasteiger partial charge in [-0.15, -0.1) is 0 Å². The fraction of sp³-hybridized carbons (Fsp3) is 1.00. The first-order valence-corrected chi connectivity index (χ1v) is 5.14. The Bertz CT molecular complexity index is 176. The van der Waals surface area contributed by atoms with E-state index in [1.165, 1.54) is 19.3 Å². The molecular formula is C10H16O2. The molecule has 2 aliphatic carbocycles. The quantitative estimate of drug-likeness (QED) is 0.667. The van der Waals surface area contributed by atoms with Gasteiger partial charge in [0.05, 0.1) is 19.3 Å². The minimum Gasteiger partial charge on any atom is -0.393 e. The van der Waals surface area contributed by atoms with Crippen molar-refractivity contribution in [1.29, 1.82) is 0 Å². The summed E-state index contributed by atoms with van der Waals surface area (Å²) >= 11 is 0. The van der Waals surface area contributed by atoms with E-state index in [9.17, 15) is 5.11 Å². The second-order valence-corrected chi connectivity index (χ2v) is 4.62. The molecule has 0 amide bonds. The van der Waals surface area contributed by atoms with Crippen LogP contribution in [0.15, 0.2) is 0 Å². The molecule has 0 spiro atoms. The molecule has 1 heterocycles. The average molecular weight is 168 g/mol. The minimum atomic E-state index is 0.0117. The summed E-state index contributed by atoms with van der Waals surface area (Å²) in [6.45, 7) is 1.83. The molecule has 12 heavy (non-hydrogen) atoms. The van der Waals surface area contributed by atoms with E-state index in [0.29, 0.717) is 11.8 Å². The van der Waals surface area contributed by atoms with Crippen molar-refractivity contribution in [2.45, 2.75) is 25.4 Å². The second-order valence-electron chi connectivity index (χ2n) is 4.62. The second kappa shape index (κ2) is 2.46. The van der Waals surface area contributed by atoms with Crippen LogP contribution in [0.2, 0.25) is 0 Å². The normalized spacial score (nSPS) is 48.2. The van der Waals surface area contributed by atoms with Crippen molar-refractivity contribution in [1.82, 2.24) is 0 Å². The maximum absolute atomic E-state index is 9.96. The summed E-state index contributed by atoms with van der Waals surface area (Å²) < 4.78 is 5.31. The van der Waals surface area contributed by atoms with Gasteiger partial charge in [-0.25, -0.2) is 0 Å². The van der Waals surface area contributed by atoms with Crippen molar-refractivity contribution in [2.24, 2.45) is 23.7 Å². The Morgan fingerprint density at radius 2 is 1.83 bits per heavy atom. The molecule has 0 aromatic carbocycles. The van der Waals surface area contributed by atoms with Crippen LogP contribution in [0.3, 0.4) is 0 Å². The average Bonchev–Trinajstić information content (AvgIpc) is 2.42. The maximum atomic E-state index is 9.96. The first-order valence-electron chi connectivity index (χ1n) is 5.14. The Balaban J connectivity index is 1.60. The lowest BCUT2D eigenvalue weighted by atomic mass is 9.79. The largest absolute Gasteiger partial charge is 0.393 e. The lowest BCUT2D eigenvalue weighted by Gasteiger charge is -2.31. The Labute approximate surface area is 72.9 Å². The lowest BCUT2D eigenvalue weighted by Crippen LogP contribution is -2.30. The molecule has 3 rings (SSSR count). The van der Waals surface area contributed by atoms with Crippen molar-refractivity contribution in [3.8, 4) is 0 Å². The van der Waals surface area contributed by atoms with E-state index >= 15 is 0 Å². The number of aliphatic hydroxyl groups is 1. The molecule has 1 aliphatic heterocycles. The number of fused-ring (bicyclic) bond motifs is 1. The van der Waals surface area contributed by atoms with Crippen molar-refractivity contribution >= 4 is 0 Å². The molecule has 0 aromatic rings. The number of rotatable bonds is 2. The molecule has 0 bridgehead atoms. The molecule has 2 nitrogen and oxygen atoms in total. The molecule has 1 N–H and O–H groups in total. The van der Waals surface area contributed by atoms with Gasteiger partial charge in [-0.05, 0) is 36.5 Å². The molecule has 0 aromatic heterocycles. The number of ether oxygens (including phenoxy) is 1. The zero-order chi connectivity index (χ0) is 8.13. The summed E-state index contributed by atoms with van der Waals surface area (Å²) in [5.41, 5.74) is 0. The third-order valence-electron chi connectivity index (χ3n) is 4.05. The highest BCUT2D eigenvalue weighted by Crippen LogP contribution is 2.55. The lowest BCUT2D eigenvalue weighted by molar-refractivity contribution is 0.0191. The highest BCUT2D eigenvalue weighted by molar-refractivity contribution is 5.05. The molecule has 3 atom stereocenters. The van der Waals surface area contributed by atoms with E-state index in [4.69, 9.17) is 4.74 Å². The smallest absolute Gasteiger partial charge is 0.0603 e. The molecule has 1 saturated heterocycles. The van der Waals surface area contributed by atoms with Crippen LogP contribution in [0.1, 0.15) is 19.3 Å². The van der Waals surface area contributed by atoms with Gasteiger partial charge in [-0.1, -0.05) is 6.42 Å². The first kappa shape index (κ1) is 7.34. The van der Waals surface area contributed by atoms with Crippen LogP contribution in [0.4, 0.5) is 0 Å². The predicted molar refractivity (Wildman–Crippen MR) is 44.6 cm³/mol. The van der Waals surface area contributed by atoms with Gasteiger partial charge >= 0.3 is 0 Å². The summed E-state index contributed by atoms with van der Waals surface area (Å²) in [7, 11) is 0. The number of hydrogen-bond acceptors (Lipinski definition) is 2. The highest BCUT2D eigenvalue weighted by atomic mass is 16.5. The van der Waals surface area contributed by atoms with Crippen LogP contribution >= 0.6 is 0 Å². The van der Waals surface area contributed by atoms with E-state index in [1.54, 1.807) is 0 Å². The van der Waals surface area contributed by atoms with Crippen LogP contribution in [-0.2, 0) is 4.74 Å². The Morgan fingerprint density at radius 3 is 2.33 bits per heavy atom. The molecule has 0 radical (unpaired) electrons. The van der Waals surface area contributed by atoms with E-state index in [2.05, 4.69) is 0 Å². The van der Waals surface area contributed by atoms with E-state index in [1.807, 2.05) is 0 Å². The molecule has 3 unspecified atom stereocenters. The number of hydrogen-bond donors (Lipinski definition) is 1. The van der Waals surface area contributed by atoms with Gasteiger partial charge in [0.15, 0.2) is 0 Å². The van der Waals surface area contributed by atoms with Gasteiger partial charge in [0.1, 0.15) is 0 Å². The van der Waals surface area contributed by atoms with Gasteiger partial charge in [-0.2, -0.15) is 0 Å². The first-order chi connectivity index (χ1) is 5.88. The predicted octanol–water partition coefficient (Wildman–Crippen LogP) is 1.04. The van der Waals surface area contributed by atoms with Crippen molar-refractivity contribution in [3.05, 3.63) is 0 Å². The summed E-state index contributed by atoms with van der Waals surface area (Å²) in [5.74, 6) is 2.70. The van der Waals surface area contributed by atoms with E-state index in [-0.39, 0.29) is 6.10 Å². The van der Waals surface area contributed by atoms with E-state index in [0.717, 1.165) is 25.0 Å². The molecule has 3 aliphatic rings. The zero-order valence-corrected chi connectivity index (χ0v) is 7.28. The fourth-order valence-electron chi connectivity index (χ4n) is 2.89. The maximum Gasteiger partial charge on any atom is 0.0603 e. The standard InChI is InChI=1S/C10H16O2/c11-10(6-2-1-3-6)9-7-4-12-5-8(7)9/h6-11H,1-5H2. The van der Waals surface area contributed by atoms with E-state index < -0.39 is 0 Å².